The first-order valence-electron chi connectivity index (χ1n) is 7.61. The van der Waals surface area contributed by atoms with Crippen molar-refractivity contribution in [2.45, 2.75) is 13.5 Å². The van der Waals surface area contributed by atoms with Gasteiger partial charge in [0, 0.05) is 6.54 Å². The van der Waals surface area contributed by atoms with Crippen molar-refractivity contribution in [3.63, 3.8) is 0 Å². The number of aromatic nitrogens is 3. The van der Waals surface area contributed by atoms with Gasteiger partial charge in [0.15, 0.2) is 10.4 Å². The van der Waals surface area contributed by atoms with Crippen LogP contribution in [0.15, 0.2) is 50.9 Å². The van der Waals surface area contributed by atoms with E-state index in [2.05, 4.69) is 16.5 Å². The first kappa shape index (κ1) is 15.5. The minimum absolute atomic E-state index is 0.173. The summed E-state index contributed by atoms with van der Waals surface area (Å²) in [6, 6.07) is 6.88. The lowest BCUT2D eigenvalue weighted by molar-refractivity contribution is 0.644. The van der Waals surface area contributed by atoms with Crippen LogP contribution in [0.1, 0.15) is 5.56 Å². The molecule has 3 aromatic heterocycles. The molecule has 1 N–H and O–H groups in total. The van der Waals surface area contributed by atoms with Gasteiger partial charge in [-0.2, -0.15) is 4.98 Å². The van der Waals surface area contributed by atoms with Gasteiger partial charge in [0.05, 0.1) is 16.2 Å². The third-order valence-electron chi connectivity index (χ3n) is 4.08. The first-order valence-corrected chi connectivity index (χ1v) is 8.02. The van der Waals surface area contributed by atoms with Gasteiger partial charge in [-0.3, -0.25) is 19.1 Å². The van der Waals surface area contributed by atoms with Gasteiger partial charge in [-0.05, 0) is 37.3 Å². The molecule has 0 unspecified atom stereocenters. The average molecular weight is 351 g/mol. The average Bonchev–Trinajstić information content (AvgIpc) is 2.58. The molecule has 0 aliphatic rings. The van der Waals surface area contributed by atoms with Gasteiger partial charge in [0.2, 0.25) is 11.1 Å². The van der Waals surface area contributed by atoms with Crippen molar-refractivity contribution < 1.29 is 4.42 Å². The summed E-state index contributed by atoms with van der Waals surface area (Å²) in [5.74, 6) is 0. The highest BCUT2D eigenvalue weighted by molar-refractivity contribution is 7.71. The summed E-state index contributed by atoms with van der Waals surface area (Å²) in [6.45, 7) is 5.97. The molecule has 0 spiro atoms. The first-order chi connectivity index (χ1) is 12.0. The molecule has 0 amide bonds. The molecule has 0 aliphatic heterocycles. The van der Waals surface area contributed by atoms with Crippen LogP contribution in [-0.4, -0.2) is 14.5 Å². The third-order valence-corrected chi connectivity index (χ3v) is 4.40. The second-order valence-electron chi connectivity index (χ2n) is 5.80. The van der Waals surface area contributed by atoms with Crippen molar-refractivity contribution >= 4 is 45.3 Å². The van der Waals surface area contributed by atoms with Crippen molar-refractivity contribution in [2.75, 3.05) is 0 Å². The molecule has 6 nitrogen and oxygen atoms in total. The molecule has 4 aromatic rings. The van der Waals surface area contributed by atoms with Gasteiger partial charge in [-0.25, -0.2) is 0 Å². The Morgan fingerprint density at radius 1 is 1.28 bits per heavy atom. The van der Waals surface area contributed by atoms with Gasteiger partial charge < -0.3 is 4.42 Å². The SMILES string of the molecule is C=CCn1c(=S)[nH]c(=O)c2cc3c(=O)c4cc(C)ccc4oc3nc21. The van der Waals surface area contributed by atoms with Crippen LogP contribution in [0, 0.1) is 11.7 Å². The fraction of sp³-hybridized carbons (Fsp3) is 0.111. The Kier molecular flexibility index (Phi) is 3.40. The summed E-state index contributed by atoms with van der Waals surface area (Å²) in [5.41, 5.74) is 1.33. The van der Waals surface area contributed by atoms with Crippen LogP contribution in [0.3, 0.4) is 0 Å². The fourth-order valence-electron chi connectivity index (χ4n) is 2.89. The second kappa shape index (κ2) is 5.49. The van der Waals surface area contributed by atoms with Crippen LogP contribution in [0.2, 0.25) is 0 Å². The van der Waals surface area contributed by atoms with E-state index in [4.69, 9.17) is 16.6 Å². The maximum absolute atomic E-state index is 12.8. The van der Waals surface area contributed by atoms with Crippen LogP contribution in [0.4, 0.5) is 0 Å². The van der Waals surface area contributed by atoms with Crippen molar-refractivity contribution in [3.05, 3.63) is 67.8 Å². The third kappa shape index (κ3) is 2.32. The van der Waals surface area contributed by atoms with E-state index in [0.29, 0.717) is 23.2 Å². The van der Waals surface area contributed by atoms with Crippen molar-refractivity contribution in [2.24, 2.45) is 0 Å². The number of benzene rings is 1. The van der Waals surface area contributed by atoms with Gasteiger partial charge >= 0.3 is 0 Å². The molecule has 0 saturated carbocycles. The number of pyridine rings is 1. The molecule has 0 fully saturated rings. The monoisotopic (exact) mass is 351 g/mol. The van der Waals surface area contributed by atoms with E-state index in [0.717, 1.165) is 5.56 Å². The van der Waals surface area contributed by atoms with Crippen LogP contribution in [0.25, 0.3) is 33.1 Å². The number of H-pyrrole nitrogens is 1. The Balaban J connectivity index is 2.25. The number of allylic oxidation sites excluding steroid dienone is 1. The highest BCUT2D eigenvalue weighted by Gasteiger charge is 2.14. The largest absolute Gasteiger partial charge is 0.437 e. The maximum Gasteiger partial charge on any atom is 0.261 e. The highest BCUT2D eigenvalue weighted by atomic mass is 32.1. The Bertz CT molecular complexity index is 1360. The van der Waals surface area contributed by atoms with Gasteiger partial charge in [-0.1, -0.05) is 17.7 Å². The minimum Gasteiger partial charge on any atom is -0.437 e. The summed E-state index contributed by atoms with van der Waals surface area (Å²) in [7, 11) is 0. The highest BCUT2D eigenvalue weighted by Crippen LogP contribution is 2.21. The predicted molar refractivity (Wildman–Crippen MR) is 99.7 cm³/mol. The van der Waals surface area contributed by atoms with Crippen LogP contribution in [0.5, 0.6) is 0 Å². The van der Waals surface area contributed by atoms with Crippen molar-refractivity contribution in [1.29, 1.82) is 0 Å². The molecule has 0 radical (unpaired) electrons. The number of aryl methyl sites for hydroxylation is 1. The number of aromatic amines is 1. The Hall–Kier alpha value is -3.06. The van der Waals surface area contributed by atoms with E-state index >= 15 is 0 Å². The molecular formula is C18H13N3O3S. The molecule has 0 aliphatic carbocycles. The molecule has 0 saturated heterocycles. The summed E-state index contributed by atoms with van der Waals surface area (Å²) < 4.78 is 7.68. The number of nitrogens with one attached hydrogen (secondary N) is 1. The molecule has 0 bridgehead atoms. The molecule has 4 rings (SSSR count). The van der Waals surface area contributed by atoms with Crippen LogP contribution < -0.4 is 11.0 Å². The van der Waals surface area contributed by atoms with E-state index in [-0.39, 0.29) is 26.7 Å². The predicted octanol–water partition coefficient (Wildman–Crippen LogP) is 3.21. The number of nitrogens with zero attached hydrogens (tertiary/aromatic N) is 2. The molecule has 25 heavy (non-hydrogen) atoms. The minimum atomic E-state index is -0.390. The zero-order valence-corrected chi connectivity index (χ0v) is 14.1. The van der Waals surface area contributed by atoms with Gasteiger partial charge in [0.25, 0.3) is 5.56 Å². The molecular weight excluding hydrogens is 338 g/mol. The summed E-state index contributed by atoms with van der Waals surface area (Å²) >= 11 is 5.20. The van der Waals surface area contributed by atoms with Gasteiger partial charge in [-0.15, -0.1) is 6.58 Å². The standard InChI is InChI=1S/C18H13N3O3S/c1-3-6-21-15-12(16(23)20-18(21)25)8-11-14(22)10-7-9(2)4-5-13(10)24-17(11)19-15/h3-5,7-8H,1,6H2,2H3,(H,20,23,25). The molecule has 124 valence electrons. The van der Waals surface area contributed by atoms with Crippen molar-refractivity contribution in [1.82, 2.24) is 14.5 Å². The zero-order valence-electron chi connectivity index (χ0n) is 13.3. The number of fused-ring (bicyclic) bond motifs is 3. The lowest BCUT2D eigenvalue weighted by atomic mass is 10.1. The number of hydrogen-bond acceptors (Lipinski definition) is 5. The van der Waals surface area contributed by atoms with Gasteiger partial charge in [0.1, 0.15) is 5.58 Å². The quantitative estimate of drug-likeness (QED) is 0.341. The molecule has 3 heterocycles. The van der Waals surface area contributed by atoms with Crippen LogP contribution in [-0.2, 0) is 6.54 Å². The smallest absolute Gasteiger partial charge is 0.261 e. The molecule has 1 aromatic carbocycles. The zero-order chi connectivity index (χ0) is 17.7. The Labute approximate surface area is 146 Å². The lowest BCUT2D eigenvalue weighted by Crippen LogP contribution is -2.16. The van der Waals surface area contributed by atoms with Crippen LogP contribution >= 0.6 is 12.2 Å². The summed E-state index contributed by atoms with van der Waals surface area (Å²) in [4.78, 5) is 32.1. The summed E-state index contributed by atoms with van der Waals surface area (Å²) in [5, 5.41) is 1.00. The number of rotatable bonds is 2. The second-order valence-corrected chi connectivity index (χ2v) is 6.19. The summed E-state index contributed by atoms with van der Waals surface area (Å²) in [6.07, 6.45) is 1.65. The fourth-order valence-corrected chi connectivity index (χ4v) is 3.14. The normalized spacial score (nSPS) is 11.4. The van der Waals surface area contributed by atoms with E-state index < -0.39 is 5.56 Å². The molecule has 0 atom stereocenters. The topological polar surface area (TPSA) is 80.9 Å². The van der Waals surface area contributed by atoms with E-state index in [1.165, 1.54) is 6.07 Å². The Morgan fingerprint density at radius 3 is 2.84 bits per heavy atom. The van der Waals surface area contributed by atoms with E-state index in [1.54, 1.807) is 22.8 Å². The lowest BCUT2D eigenvalue weighted by Gasteiger charge is -2.09. The van der Waals surface area contributed by atoms with E-state index in [1.807, 2.05) is 13.0 Å². The molecule has 7 heteroatoms. The van der Waals surface area contributed by atoms with E-state index in [9.17, 15) is 9.59 Å². The maximum atomic E-state index is 12.8. The number of hydrogen-bond donors (Lipinski definition) is 1. The van der Waals surface area contributed by atoms with Crippen molar-refractivity contribution in [3.8, 4) is 0 Å². The Morgan fingerprint density at radius 2 is 2.08 bits per heavy atom.